The van der Waals surface area contributed by atoms with Gasteiger partial charge in [0.15, 0.2) is 0 Å². The molecule has 21 heavy (non-hydrogen) atoms. The number of piperidine rings is 1. The van der Waals surface area contributed by atoms with Gasteiger partial charge < -0.3 is 15.0 Å². The zero-order chi connectivity index (χ0) is 15.1. The molecule has 4 heteroatoms. The predicted molar refractivity (Wildman–Crippen MR) is 90.3 cm³/mol. The number of hydrogen-bond acceptors (Lipinski definition) is 3. The monoisotopic (exact) mass is 310 g/mol. The van der Waals surface area contributed by atoms with Gasteiger partial charge >= 0.3 is 0 Å². The summed E-state index contributed by atoms with van der Waals surface area (Å²) >= 11 is 6.18. The van der Waals surface area contributed by atoms with Crippen LogP contribution in [-0.2, 0) is 11.3 Å². The van der Waals surface area contributed by atoms with E-state index in [2.05, 4.69) is 29.3 Å². The first kappa shape index (κ1) is 16.6. The fraction of sp³-hybridized carbons (Fsp3) is 0.647. The minimum absolute atomic E-state index is 0.635. The van der Waals surface area contributed by atoms with E-state index in [1.54, 1.807) is 7.11 Å². The molecule has 1 unspecified atom stereocenters. The summed E-state index contributed by atoms with van der Waals surface area (Å²) in [6.07, 6.45) is 3.65. The van der Waals surface area contributed by atoms with Crippen molar-refractivity contribution in [2.24, 2.45) is 5.92 Å². The number of methoxy groups -OCH3 is 1. The Balaban J connectivity index is 2.09. The molecule has 0 saturated carbocycles. The molecule has 0 aromatic heterocycles. The second kappa shape index (κ2) is 8.62. The van der Waals surface area contributed by atoms with E-state index in [0.29, 0.717) is 5.92 Å². The topological polar surface area (TPSA) is 24.5 Å². The van der Waals surface area contributed by atoms with Gasteiger partial charge in [-0.3, -0.25) is 0 Å². The van der Waals surface area contributed by atoms with Gasteiger partial charge in [-0.1, -0.05) is 18.5 Å². The van der Waals surface area contributed by atoms with Gasteiger partial charge in [0.2, 0.25) is 0 Å². The summed E-state index contributed by atoms with van der Waals surface area (Å²) in [5, 5.41) is 4.30. The Labute approximate surface area is 133 Å². The van der Waals surface area contributed by atoms with E-state index in [9.17, 15) is 0 Å². The van der Waals surface area contributed by atoms with E-state index in [1.807, 2.05) is 6.07 Å². The van der Waals surface area contributed by atoms with Crippen molar-refractivity contribution in [3.63, 3.8) is 0 Å². The lowest BCUT2D eigenvalue weighted by Crippen LogP contribution is -2.37. The number of halogens is 1. The largest absolute Gasteiger partial charge is 0.384 e. The van der Waals surface area contributed by atoms with Crippen LogP contribution in [0.25, 0.3) is 0 Å². The average Bonchev–Trinajstić information content (AvgIpc) is 2.48. The molecule has 1 aromatic rings. The normalized spacial score (nSPS) is 19.0. The molecule has 1 aliphatic rings. The highest BCUT2D eigenvalue weighted by molar-refractivity contribution is 6.30. The number of nitrogens with zero attached hydrogens (tertiary/aromatic N) is 1. The first-order chi connectivity index (χ1) is 10.2. The molecule has 1 atom stereocenters. The minimum Gasteiger partial charge on any atom is -0.384 e. The Morgan fingerprint density at radius 2 is 2.29 bits per heavy atom. The highest BCUT2D eigenvalue weighted by Gasteiger charge is 2.21. The Morgan fingerprint density at radius 3 is 3.05 bits per heavy atom. The van der Waals surface area contributed by atoms with Gasteiger partial charge in [0.05, 0.1) is 6.61 Å². The molecular formula is C17H27ClN2O. The van der Waals surface area contributed by atoms with Crippen LogP contribution >= 0.6 is 11.6 Å². The Bertz CT molecular complexity index is 437. The summed E-state index contributed by atoms with van der Waals surface area (Å²) in [6, 6.07) is 6.26. The molecule has 1 fully saturated rings. The molecule has 0 bridgehead atoms. The van der Waals surface area contributed by atoms with Crippen molar-refractivity contribution < 1.29 is 4.74 Å². The van der Waals surface area contributed by atoms with Gasteiger partial charge in [0.25, 0.3) is 0 Å². The van der Waals surface area contributed by atoms with Crippen LogP contribution in [-0.4, -0.2) is 33.4 Å². The highest BCUT2D eigenvalue weighted by atomic mass is 35.5. The van der Waals surface area contributed by atoms with Crippen molar-refractivity contribution in [3.8, 4) is 0 Å². The summed E-state index contributed by atoms with van der Waals surface area (Å²) in [7, 11) is 1.79. The van der Waals surface area contributed by atoms with Gasteiger partial charge in [0, 0.05) is 37.5 Å². The lowest BCUT2D eigenvalue weighted by molar-refractivity contribution is 0.143. The first-order valence-corrected chi connectivity index (χ1v) is 8.35. The molecule has 3 nitrogen and oxygen atoms in total. The molecular weight excluding hydrogens is 284 g/mol. The summed E-state index contributed by atoms with van der Waals surface area (Å²) in [4.78, 5) is 2.49. The van der Waals surface area contributed by atoms with Crippen LogP contribution in [0.3, 0.4) is 0 Å². The van der Waals surface area contributed by atoms with E-state index in [4.69, 9.17) is 16.3 Å². The lowest BCUT2D eigenvalue weighted by Gasteiger charge is -2.35. The fourth-order valence-corrected chi connectivity index (χ4v) is 3.25. The smallest absolute Gasteiger partial charge is 0.0507 e. The van der Waals surface area contributed by atoms with Gasteiger partial charge in [-0.25, -0.2) is 0 Å². The summed E-state index contributed by atoms with van der Waals surface area (Å²) in [6.45, 7) is 7.17. The molecule has 1 N–H and O–H groups in total. The molecule has 0 spiro atoms. The number of anilines is 1. The highest BCUT2D eigenvalue weighted by Crippen LogP contribution is 2.28. The Morgan fingerprint density at radius 1 is 1.43 bits per heavy atom. The van der Waals surface area contributed by atoms with Crippen LogP contribution in [0.15, 0.2) is 18.2 Å². The van der Waals surface area contributed by atoms with Crippen molar-refractivity contribution in [2.75, 3.05) is 38.3 Å². The van der Waals surface area contributed by atoms with Crippen molar-refractivity contribution in [2.45, 2.75) is 32.7 Å². The lowest BCUT2D eigenvalue weighted by atomic mass is 9.97. The van der Waals surface area contributed by atoms with E-state index in [1.165, 1.54) is 24.1 Å². The molecule has 1 saturated heterocycles. The maximum absolute atomic E-state index is 6.18. The third kappa shape index (κ3) is 4.87. The molecule has 0 aliphatic carbocycles. The Kier molecular flexibility index (Phi) is 6.81. The summed E-state index contributed by atoms with van der Waals surface area (Å²) in [5.41, 5.74) is 2.62. The van der Waals surface area contributed by atoms with Crippen LogP contribution in [0.2, 0.25) is 5.02 Å². The second-order valence-corrected chi connectivity index (χ2v) is 6.30. The fourth-order valence-electron chi connectivity index (χ4n) is 3.06. The molecule has 1 heterocycles. The first-order valence-electron chi connectivity index (χ1n) is 7.97. The van der Waals surface area contributed by atoms with Gasteiger partial charge in [-0.2, -0.15) is 0 Å². The van der Waals surface area contributed by atoms with Crippen LogP contribution in [0, 0.1) is 5.92 Å². The van der Waals surface area contributed by atoms with Gasteiger partial charge in [0.1, 0.15) is 0 Å². The zero-order valence-corrected chi connectivity index (χ0v) is 14.0. The van der Waals surface area contributed by atoms with Crippen molar-refractivity contribution >= 4 is 17.3 Å². The molecule has 0 radical (unpaired) electrons. The van der Waals surface area contributed by atoms with Crippen LogP contribution < -0.4 is 10.2 Å². The maximum atomic E-state index is 6.18. The standard InChI is InChI=1S/C17H27ClN2O/c1-3-8-19-11-15-10-16(18)6-7-17(15)20-9-4-5-14(12-20)13-21-2/h6-7,10,14,19H,3-5,8-9,11-13H2,1-2H3. The number of rotatable bonds is 7. The number of ether oxygens (including phenoxy) is 1. The summed E-state index contributed by atoms with van der Waals surface area (Å²) < 4.78 is 5.33. The third-order valence-electron chi connectivity index (χ3n) is 4.05. The number of benzene rings is 1. The van der Waals surface area contributed by atoms with Crippen molar-refractivity contribution in [1.82, 2.24) is 5.32 Å². The zero-order valence-electron chi connectivity index (χ0n) is 13.2. The van der Waals surface area contributed by atoms with E-state index in [0.717, 1.165) is 44.2 Å². The molecule has 118 valence electrons. The third-order valence-corrected chi connectivity index (χ3v) is 4.28. The quantitative estimate of drug-likeness (QED) is 0.777. The predicted octanol–water partition coefficient (Wildman–Crippen LogP) is 3.70. The Hall–Kier alpha value is -0.770. The van der Waals surface area contributed by atoms with Crippen LogP contribution in [0.4, 0.5) is 5.69 Å². The molecule has 2 rings (SSSR count). The van der Waals surface area contributed by atoms with E-state index < -0.39 is 0 Å². The van der Waals surface area contributed by atoms with Crippen molar-refractivity contribution in [1.29, 1.82) is 0 Å². The molecule has 0 amide bonds. The molecule has 1 aliphatic heterocycles. The van der Waals surface area contributed by atoms with E-state index in [-0.39, 0.29) is 0 Å². The van der Waals surface area contributed by atoms with Gasteiger partial charge in [-0.05, 0) is 55.5 Å². The van der Waals surface area contributed by atoms with Gasteiger partial charge in [-0.15, -0.1) is 0 Å². The number of hydrogen-bond donors (Lipinski definition) is 1. The maximum Gasteiger partial charge on any atom is 0.0507 e. The number of nitrogens with one attached hydrogen (secondary N) is 1. The summed E-state index contributed by atoms with van der Waals surface area (Å²) in [5.74, 6) is 0.635. The molecule has 1 aromatic carbocycles. The van der Waals surface area contributed by atoms with Crippen LogP contribution in [0.5, 0.6) is 0 Å². The minimum atomic E-state index is 0.635. The second-order valence-electron chi connectivity index (χ2n) is 5.86. The van der Waals surface area contributed by atoms with E-state index >= 15 is 0 Å². The van der Waals surface area contributed by atoms with Crippen LogP contribution in [0.1, 0.15) is 31.7 Å². The SMILES string of the molecule is CCCNCc1cc(Cl)ccc1N1CCCC(COC)C1. The van der Waals surface area contributed by atoms with Crippen molar-refractivity contribution in [3.05, 3.63) is 28.8 Å². The average molecular weight is 311 g/mol.